The van der Waals surface area contributed by atoms with Crippen LogP contribution >= 0.6 is 0 Å². The molecule has 2 aromatic rings. The fourth-order valence-corrected chi connectivity index (χ4v) is 1.95. The standard InChI is InChI=1S/C16H19F2N5O3/c1-9(2)12-8-13(23-25)21-14(20-12)22-15(24)19-10-4-6-11(7-5-10)26-16(3,17)18/h4-9,25H,1-3H3,(H3,19,20,21,22,23,24). The number of ether oxygens (including phenoxy) is 1. The number of benzene rings is 1. The van der Waals surface area contributed by atoms with Gasteiger partial charge in [0.25, 0.3) is 0 Å². The van der Waals surface area contributed by atoms with E-state index in [1.165, 1.54) is 24.3 Å². The van der Waals surface area contributed by atoms with Crippen LogP contribution in [0.4, 0.5) is 31.0 Å². The predicted molar refractivity (Wildman–Crippen MR) is 91.9 cm³/mol. The monoisotopic (exact) mass is 367 g/mol. The van der Waals surface area contributed by atoms with E-state index in [2.05, 4.69) is 25.3 Å². The minimum absolute atomic E-state index is 0.00386. The third kappa shape index (κ3) is 5.81. The van der Waals surface area contributed by atoms with E-state index >= 15 is 0 Å². The van der Waals surface area contributed by atoms with E-state index in [1.54, 1.807) is 6.07 Å². The smallest absolute Gasteiger partial charge is 0.394 e. The molecule has 0 saturated carbocycles. The van der Waals surface area contributed by atoms with Crippen molar-refractivity contribution >= 4 is 23.5 Å². The Morgan fingerprint density at radius 2 is 1.85 bits per heavy atom. The molecule has 1 heterocycles. The summed E-state index contributed by atoms with van der Waals surface area (Å²) in [5.74, 6) is 0.157. The molecule has 0 spiro atoms. The number of hydrogen-bond acceptors (Lipinski definition) is 6. The van der Waals surface area contributed by atoms with Crippen molar-refractivity contribution in [1.82, 2.24) is 9.97 Å². The average Bonchev–Trinajstić information content (AvgIpc) is 2.54. The number of nitrogens with zero attached hydrogens (tertiary/aromatic N) is 2. The van der Waals surface area contributed by atoms with E-state index in [0.29, 0.717) is 18.3 Å². The number of carbonyl (C=O) groups is 1. The second kappa shape index (κ2) is 7.91. The molecule has 1 aromatic heterocycles. The number of rotatable bonds is 6. The molecule has 26 heavy (non-hydrogen) atoms. The molecule has 0 fully saturated rings. The van der Waals surface area contributed by atoms with Crippen LogP contribution in [0.2, 0.25) is 0 Å². The highest BCUT2D eigenvalue weighted by Crippen LogP contribution is 2.23. The summed E-state index contributed by atoms with van der Waals surface area (Å²) in [7, 11) is 0. The maximum Gasteiger partial charge on any atom is 0.394 e. The summed E-state index contributed by atoms with van der Waals surface area (Å²) < 4.78 is 30.0. The van der Waals surface area contributed by atoms with Crippen molar-refractivity contribution in [2.45, 2.75) is 32.8 Å². The van der Waals surface area contributed by atoms with Crippen LogP contribution in [0.3, 0.4) is 0 Å². The summed E-state index contributed by atoms with van der Waals surface area (Å²) in [6.45, 7) is 4.43. The van der Waals surface area contributed by atoms with Gasteiger partial charge < -0.3 is 10.1 Å². The van der Waals surface area contributed by atoms with Crippen molar-refractivity contribution in [2.24, 2.45) is 0 Å². The first-order chi connectivity index (χ1) is 12.2. The van der Waals surface area contributed by atoms with Gasteiger partial charge in [0.2, 0.25) is 5.95 Å². The van der Waals surface area contributed by atoms with Gasteiger partial charge >= 0.3 is 12.1 Å². The van der Waals surface area contributed by atoms with Gasteiger partial charge in [-0.05, 0) is 30.2 Å². The minimum Gasteiger partial charge on any atom is -0.433 e. The molecule has 0 saturated heterocycles. The zero-order valence-electron chi connectivity index (χ0n) is 14.4. The van der Waals surface area contributed by atoms with E-state index in [4.69, 9.17) is 5.21 Å². The molecule has 140 valence electrons. The molecule has 0 radical (unpaired) electrons. The van der Waals surface area contributed by atoms with E-state index in [-0.39, 0.29) is 23.4 Å². The molecule has 8 nitrogen and oxygen atoms in total. The third-order valence-electron chi connectivity index (χ3n) is 3.09. The first-order valence-electron chi connectivity index (χ1n) is 7.70. The molecular formula is C16H19F2N5O3. The number of hydrogen-bond donors (Lipinski definition) is 4. The largest absolute Gasteiger partial charge is 0.433 e. The van der Waals surface area contributed by atoms with Crippen LogP contribution in [0.25, 0.3) is 0 Å². The highest BCUT2D eigenvalue weighted by molar-refractivity contribution is 5.98. The highest BCUT2D eigenvalue weighted by atomic mass is 19.3. The Kier molecular flexibility index (Phi) is 5.88. The minimum atomic E-state index is -3.29. The topological polar surface area (TPSA) is 108 Å². The summed E-state index contributed by atoms with van der Waals surface area (Å²) >= 11 is 0. The third-order valence-corrected chi connectivity index (χ3v) is 3.09. The second-order valence-corrected chi connectivity index (χ2v) is 5.78. The van der Waals surface area contributed by atoms with E-state index in [1.807, 2.05) is 19.3 Å². The Hall–Kier alpha value is -3.01. The Bertz CT molecular complexity index is 763. The van der Waals surface area contributed by atoms with Crippen LogP contribution in [-0.2, 0) is 0 Å². The number of nitrogens with one attached hydrogen (secondary N) is 3. The molecule has 0 aliphatic rings. The van der Waals surface area contributed by atoms with Crippen molar-refractivity contribution in [1.29, 1.82) is 0 Å². The molecule has 2 amide bonds. The lowest BCUT2D eigenvalue weighted by Gasteiger charge is -2.13. The van der Waals surface area contributed by atoms with Gasteiger partial charge in [-0.3, -0.25) is 16.0 Å². The van der Waals surface area contributed by atoms with Crippen LogP contribution in [0.5, 0.6) is 5.75 Å². The molecule has 0 aliphatic heterocycles. The van der Waals surface area contributed by atoms with Gasteiger partial charge in [0.05, 0.1) is 5.69 Å². The molecule has 2 rings (SSSR count). The normalized spacial score (nSPS) is 11.2. The number of amides is 2. The van der Waals surface area contributed by atoms with Gasteiger partial charge in [-0.25, -0.2) is 9.78 Å². The lowest BCUT2D eigenvalue weighted by molar-refractivity contribution is -0.158. The Morgan fingerprint density at radius 3 is 2.38 bits per heavy atom. The Labute approximate surface area is 148 Å². The van der Waals surface area contributed by atoms with Gasteiger partial charge in [0.1, 0.15) is 5.75 Å². The van der Waals surface area contributed by atoms with Crippen molar-refractivity contribution in [3.05, 3.63) is 36.0 Å². The zero-order chi connectivity index (χ0) is 19.3. The van der Waals surface area contributed by atoms with Gasteiger partial charge in [-0.15, -0.1) is 0 Å². The Morgan fingerprint density at radius 1 is 1.19 bits per heavy atom. The maximum absolute atomic E-state index is 12.8. The zero-order valence-corrected chi connectivity index (χ0v) is 14.4. The first kappa shape index (κ1) is 19.3. The summed E-state index contributed by atoms with van der Waals surface area (Å²) in [4.78, 5) is 20.1. The maximum atomic E-state index is 12.8. The fraction of sp³-hybridized carbons (Fsp3) is 0.312. The van der Waals surface area contributed by atoms with Crippen molar-refractivity contribution in [2.75, 3.05) is 16.1 Å². The average molecular weight is 367 g/mol. The number of urea groups is 1. The molecule has 4 N–H and O–H groups in total. The van der Waals surface area contributed by atoms with Crippen LogP contribution in [0.15, 0.2) is 30.3 Å². The predicted octanol–water partition coefficient (Wildman–Crippen LogP) is 4.04. The van der Waals surface area contributed by atoms with E-state index in [9.17, 15) is 13.6 Å². The van der Waals surface area contributed by atoms with Crippen LogP contribution in [-0.4, -0.2) is 27.3 Å². The number of halogens is 2. The second-order valence-electron chi connectivity index (χ2n) is 5.78. The molecule has 0 bridgehead atoms. The van der Waals surface area contributed by atoms with Gasteiger partial charge in [-0.2, -0.15) is 13.8 Å². The SMILES string of the molecule is CC(C)c1cc(NO)nc(NC(=O)Nc2ccc(OC(C)(F)F)cc2)n1. The lowest BCUT2D eigenvalue weighted by Crippen LogP contribution is -2.22. The number of aromatic nitrogens is 2. The summed E-state index contributed by atoms with van der Waals surface area (Å²) in [6.07, 6.45) is -3.29. The quantitative estimate of drug-likeness (QED) is 0.574. The van der Waals surface area contributed by atoms with Crippen LogP contribution in [0.1, 0.15) is 32.4 Å². The molecule has 0 atom stereocenters. The molecule has 10 heteroatoms. The molecule has 0 unspecified atom stereocenters. The van der Waals surface area contributed by atoms with E-state index < -0.39 is 12.1 Å². The van der Waals surface area contributed by atoms with Crippen LogP contribution < -0.4 is 20.9 Å². The molecule has 0 aliphatic carbocycles. The summed E-state index contributed by atoms with van der Waals surface area (Å²) in [5, 5.41) is 14.0. The number of alkyl halides is 2. The van der Waals surface area contributed by atoms with Crippen LogP contribution in [0, 0.1) is 0 Å². The highest BCUT2D eigenvalue weighted by Gasteiger charge is 2.22. The number of anilines is 3. The number of carbonyl (C=O) groups excluding carboxylic acids is 1. The van der Waals surface area contributed by atoms with Gasteiger partial charge in [-0.1, -0.05) is 13.8 Å². The van der Waals surface area contributed by atoms with Crippen molar-refractivity contribution in [3.63, 3.8) is 0 Å². The first-order valence-corrected chi connectivity index (χ1v) is 7.70. The van der Waals surface area contributed by atoms with Gasteiger partial charge in [0, 0.05) is 18.7 Å². The van der Waals surface area contributed by atoms with Crippen molar-refractivity contribution in [3.8, 4) is 5.75 Å². The summed E-state index contributed by atoms with van der Waals surface area (Å²) in [5.41, 5.74) is 2.89. The van der Waals surface area contributed by atoms with Gasteiger partial charge in [0.15, 0.2) is 5.82 Å². The molecule has 1 aromatic carbocycles. The van der Waals surface area contributed by atoms with Crippen molar-refractivity contribution < 1.29 is 23.5 Å². The Balaban J connectivity index is 2.03. The lowest BCUT2D eigenvalue weighted by atomic mass is 10.1. The fourth-order valence-electron chi connectivity index (χ4n) is 1.95. The van der Waals surface area contributed by atoms with E-state index in [0.717, 1.165) is 0 Å². The summed E-state index contributed by atoms with van der Waals surface area (Å²) in [6, 6.07) is 6.34. The molecular weight excluding hydrogens is 348 g/mol.